The largest absolute Gasteiger partial charge is 0.497 e. The van der Waals surface area contributed by atoms with E-state index in [-0.39, 0.29) is 29.6 Å². The van der Waals surface area contributed by atoms with Crippen molar-refractivity contribution in [3.05, 3.63) is 40.6 Å². The van der Waals surface area contributed by atoms with E-state index in [1.54, 1.807) is 25.5 Å². The Morgan fingerprint density at radius 1 is 1.26 bits per heavy atom. The molecule has 2 heterocycles. The van der Waals surface area contributed by atoms with Gasteiger partial charge in [-0.3, -0.25) is 4.99 Å². The molecule has 3 rings (SSSR count). The molecule has 1 aromatic carbocycles. The Labute approximate surface area is 182 Å². The van der Waals surface area contributed by atoms with E-state index in [2.05, 4.69) is 46.1 Å². The molecule has 1 saturated heterocycles. The Kier molecular flexibility index (Phi) is 8.37. The average molecular weight is 501 g/mol. The summed E-state index contributed by atoms with van der Waals surface area (Å²) >= 11 is 1.75. The Balaban J connectivity index is 0.00000261. The molecular weight excluding hydrogens is 473 g/mol. The van der Waals surface area contributed by atoms with E-state index in [1.807, 2.05) is 12.1 Å². The molecule has 5 nitrogen and oxygen atoms in total. The van der Waals surface area contributed by atoms with Gasteiger partial charge in [0.2, 0.25) is 0 Å². The third kappa shape index (κ3) is 6.08. The molecule has 148 valence electrons. The molecule has 0 amide bonds. The van der Waals surface area contributed by atoms with Gasteiger partial charge in [-0.1, -0.05) is 12.1 Å². The lowest BCUT2D eigenvalue weighted by atomic mass is 10.0. The number of hydrogen-bond acceptors (Lipinski definition) is 4. The number of aliphatic imine (C=N–C) groups is 1. The van der Waals surface area contributed by atoms with Gasteiger partial charge in [0.05, 0.1) is 19.3 Å². The molecule has 0 aliphatic carbocycles. The number of thiophene rings is 1. The van der Waals surface area contributed by atoms with Gasteiger partial charge in [-0.2, -0.15) is 0 Å². The van der Waals surface area contributed by atoms with Crippen molar-refractivity contribution >= 4 is 41.3 Å². The SMILES string of the molecule is CN=C(NCc1cc(-c2ccc(OC)cc2)cs1)NCC1(C)CCCO1.I. The first-order chi connectivity index (χ1) is 12.6. The third-order valence-electron chi connectivity index (χ3n) is 4.66. The van der Waals surface area contributed by atoms with Crippen molar-refractivity contribution in [2.24, 2.45) is 4.99 Å². The number of methoxy groups -OCH3 is 1. The maximum Gasteiger partial charge on any atom is 0.191 e. The van der Waals surface area contributed by atoms with Crippen molar-refractivity contribution in [3.63, 3.8) is 0 Å². The van der Waals surface area contributed by atoms with Gasteiger partial charge in [0.15, 0.2) is 5.96 Å². The van der Waals surface area contributed by atoms with Gasteiger partial charge in [-0.25, -0.2) is 0 Å². The topological polar surface area (TPSA) is 54.9 Å². The summed E-state index contributed by atoms with van der Waals surface area (Å²) < 4.78 is 11.0. The Morgan fingerprint density at radius 3 is 2.67 bits per heavy atom. The number of nitrogens with one attached hydrogen (secondary N) is 2. The van der Waals surface area contributed by atoms with Crippen LogP contribution in [0.4, 0.5) is 0 Å². The summed E-state index contributed by atoms with van der Waals surface area (Å²) in [6.45, 7) is 4.53. The molecule has 2 aromatic rings. The number of rotatable bonds is 6. The molecular formula is C20H28IN3O2S. The molecule has 7 heteroatoms. The summed E-state index contributed by atoms with van der Waals surface area (Å²) in [5.74, 6) is 1.68. The highest BCUT2D eigenvalue weighted by atomic mass is 127. The zero-order chi connectivity index (χ0) is 18.4. The second-order valence-corrected chi connectivity index (χ2v) is 7.71. The Hall–Kier alpha value is -1.32. The van der Waals surface area contributed by atoms with Crippen LogP contribution in [0.15, 0.2) is 40.7 Å². The molecule has 1 aromatic heterocycles. The van der Waals surface area contributed by atoms with Crippen LogP contribution in [-0.4, -0.2) is 38.9 Å². The summed E-state index contributed by atoms with van der Waals surface area (Å²) in [5, 5.41) is 8.94. The monoisotopic (exact) mass is 501 g/mol. The summed E-state index contributed by atoms with van der Waals surface area (Å²) in [7, 11) is 3.48. The highest BCUT2D eigenvalue weighted by Gasteiger charge is 2.29. The second kappa shape index (κ2) is 10.3. The normalized spacial score (nSPS) is 19.4. The Bertz CT molecular complexity index is 740. The maximum absolute atomic E-state index is 5.81. The van der Waals surface area contributed by atoms with Gasteiger partial charge in [-0.05, 0) is 54.5 Å². The quantitative estimate of drug-likeness (QED) is 0.353. The van der Waals surface area contributed by atoms with Crippen LogP contribution >= 0.6 is 35.3 Å². The molecule has 1 fully saturated rings. The zero-order valence-corrected chi connectivity index (χ0v) is 19.2. The Morgan fingerprint density at radius 2 is 2.04 bits per heavy atom. The minimum Gasteiger partial charge on any atom is -0.497 e. The molecule has 1 unspecified atom stereocenters. The predicted octanol–water partition coefficient (Wildman–Crippen LogP) is 4.28. The van der Waals surface area contributed by atoms with Gasteiger partial charge in [0.25, 0.3) is 0 Å². The third-order valence-corrected chi connectivity index (χ3v) is 5.60. The molecule has 0 spiro atoms. The van der Waals surface area contributed by atoms with Gasteiger partial charge in [-0.15, -0.1) is 35.3 Å². The van der Waals surface area contributed by atoms with E-state index in [1.165, 1.54) is 16.0 Å². The van der Waals surface area contributed by atoms with E-state index in [0.29, 0.717) is 0 Å². The number of nitrogens with zero attached hydrogens (tertiary/aromatic N) is 1. The first kappa shape index (κ1) is 22.0. The summed E-state index contributed by atoms with van der Waals surface area (Å²) in [5.41, 5.74) is 2.34. The number of guanidine groups is 1. The minimum atomic E-state index is -0.0813. The molecule has 0 bridgehead atoms. The van der Waals surface area contributed by atoms with E-state index in [0.717, 1.165) is 44.2 Å². The standard InChI is InChI=1S/C20H27N3O2S.HI/c1-20(9-4-10-25-20)14-23-19(21-2)22-12-18-11-16(13-26-18)15-5-7-17(24-3)8-6-15;/h5-8,11,13H,4,9-10,12,14H2,1-3H3,(H2,21,22,23);1H. The summed E-state index contributed by atoms with van der Waals surface area (Å²) in [6, 6.07) is 10.4. The van der Waals surface area contributed by atoms with Crippen molar-refractivity contribution in [1.82, 2.24) is 10.6 Å². The highest BCUT2D eigenvalue weighted by molar-refractivity contribution is 14.0. The number of hydrogen-bond donors (Lipinski definition) is 2. The van der Waals surface area contributed by atoms with Crippen molar-refractivity contribution < 1.29 is 9.47 Å². The van der Waals surface area contributed by atoms with Crippen LogP contribution in [0.5, 0.6) is 5.75 Å². The van der Waals surface area contributed by atoms with E-state index < -0.39 is 0 Å². The van der Waals surface area contributed by atoms with Gasteiger partial charge >= 0.3 is 0 Å². The van der Waals surface area contributed by atoms with Crippen molar-refractivity contribution in [1.29, 1.82) is 0 Å². The van der Waals surface area contributed by atoms with Crippen LogP contribution in [0.25, 0.3) is 11.1 Å². The van der Waals surface area contributed by atoms with Crippen molar-refractivity contribution in [2.75, 3.05) is 27.3 Å². The lowest BCUT2D eigenvalue weighted by molar-refractivity contribution is 0.0243. The highest BCUT2D eigenvalue weighted by Crippen LogP contribution is 2.27. The van der Waals surface area contributed by atoms with E-state index >= 15 is 0 Å². The van der Waals surface area contributed by atoms with Crippen LogP contribution in [0.1, 0.15) is 24.6 Å². The van der Waals surface area contributed by atoms with Crippen LogP contribution in [-0.2, 0) is 11.3 Å². The molecule has 1 atom stereocenters. The summed E-state index contributed by atoms with van der Waals surface area (Å²) in [4.78, 5) is 5.57. The van der Waals surface area contributed by atoms with Crippen LogP contribution in [0.3, 0.4) is 0 Å². The first-order valence-corrected chi connectivity index (χ1v) is 9.80. The van der Waals surface area contributed by atoms with Crippen LogP contribution in [0.2, 0.25) is 0 Å². The smallest absolute Gasteiger partial charge is 0.191 e. The predicted molar refractivity (Wildman–Crippen MR) is 124 cm³/mol. The average Bonchev–Trinajstić information content (AvgIpc) is 3.32. The van der Waals surface area contributed by atoms with Crippen molar-refractivity contribution in [3.8, 4) is 16.9 Å². The summed E-state index contributed by atoms with van der Waals surface area (Å²) in [6.07, 6.45) is 2.22. The number of ether oxygens (including phenoxy) is 2. The van der Waals surface area contributed by atoms with Crippen LogP contribution in [0, 0.1) is 0 Å². The number of benzene rings is 1. The fourth-order valence-corrected chi connectivity index (χ4v) is 3.88. The molecule has 1 aliphatic heterocycles. The maximum atomic E-state index is 5.81. The lowest BCUT2D eigenvalue weighted by Crippen LogP contribution is -2.45. The van der Waals surface area contributed by atoms with Gasteiger partial charge in [0.1, 0.15) is 5.75 Å². The fourth-order valence-electron chi connectivity index (χ4n) is 3.05. The zero-order valence-electron chi connectivity index (χ0n) is 16.1. The number of halogens is 1. The fraction of sp³-hybridized carbons (Fsp3) is 0.450. The minimum absolute atomic E-state index is 0. The molecule has 27 heavy (non-hydrogen) atoms. The molecule has 0 saturated carbocycles. The van der Waals surface area contributed by atoms with Gasteiger partial charge in [0, 0.05) is 25.1 Å². The molecule has 0 radical (unpaired) electrons. The second-order valence-electron chi connectivity index (χ2n) is 6.71. The molecule has 2 N–H and O–H groups in total. The first-order valence-electron chi connectivity index (χ1n) is 8.92. The van der Waals surface area contributed by atoms with Crippen molar-refractivity contribution in [2.45, 2.75) is 31.9 Å². The van der Waals surface area contributed by atoms with Crippen LogP contribution < -0.4 is 15.4 Å². The van der Waals surface area contributed by atoms with E-state index in [4.69, 9.17) is 9.47 Å². The molecule has 1 aliphatic rings. The van der Waals surface area contributed by atoms with Gasteiger partial charge < -0.3 is 20.1 Å². The van der Waals surface area contributed by atoms with E-state index in [9.17, 15) is 0 Å². The lowest BCUT2D eigenvalue weighted by Gasteiger charge is -2.24.